The van der Waals surface area contributed by atoms with Gasteiger partial charge in [0.25, 0.3) is 0 Å². The number of ether oxygens (including phenoxy) is 1. The van der Waals surface area contributed by atoms with Gasteiger partial charge >= 0.3 is 0 Å². The molecule has 0 heterocycles. The Kier molecular flexibility index (Phi) is 6.69. The molecule has 0 aromatic heterocycles. The highest BCUT2D eigenvalue weighted by Gasteiger charge is 2.22. The quantitative estimate of drug-likeness (QED) is 0.801. The predicted octanol–water partition coefficient (Wildman–Crippen LogP) is 2.46. The summed E-state index contributed by atoms with van der Waals surface area (Å²) in [5.41, 5.74) is 6.87. The van der Waals surface area contributed by atoms with E-state index >= 15 is 0 Å². The molecular formula is C17H28N2O2. The van der Waals surface area contributed by atoms with Crippen molar-refractivity contribution in [1.29, 1.82) is 0 Å². The first-order valence-electron chi connectivity index (χ1n) is 7.52. The molecule has 0 aliphatic heterocycles. The van der Waals surface area contributed by atoms with Gasteiger partial charge in [-0.05, 0) is 43.0 Å². The summed E-state index contributed by atoms with van der Waals surface area (Å²) in [5.74, 6) is 1.03. The van der Waals surface area contributed by atoms with Gasteiger partial charge in [0.2, 0.25) is 5.91 Å². The van der Waals surface area contributed by atoms with Gasteiger partial charge in [-0.1, -0.05) is 26.0 Å². The maximum Gasteiger partial charge on any atom is 0.222 e. The molecule has 4 nitrogen and oxygen atoms in total. The van der Waals surface area contributed by atoms with Crippen LogP contribution >= 0.6 is 0 Å². The van der Waals surface area contributed by atoms with Crippen LogP contribution in [0.15, 0.2) is 24.3 Å². The van der Waals surface area contributed by atoms with Crippen molar-refractivity contribution in [2.75, 3.05) is 26.7 Å². The Morgan fingerprint density at radius 2 is 1.90 bits per heavy atom. The van der Waals surface area contributed by atoms with Crippen LogP contribution in [0.4, 0.5) is 0 Å². The lowest BCUT2D eigenvalue weighted by Gasteiger charge is -2.31. The van der Waals surface area contributed by atoms with E-state index in [4.69, 9.17) is 10.5 Å². The van der Waals surface area contributed by atoms with Gasteiger partial charge < -0.3 is 15.4 Å². The number of hydrogen-bond donors (Lipinski definition) is 1. The summed E-state index contributed by atoms with van der Waals surface area (Å²) in [7, 11) is 1.65. The molecule has 1 aromatic carbocycles. The van der Waals surface area contributed by atoms with Gasteiger partial charge in [0.05, 0.1) is 7.11 Å². The summed E-state index contributed by atoms with van der Waals surface area (Å²) in [6, 6.07) is 7.86. The Morgan fingerprint density at radius 1 is 1.29 bits per heavy atom. The van der Waals surface area contributed by atoms with Gasteiger partial charge in [-0.25, -0.2) is 0 Å². The molecule has 0 aliphatic rings. The predicted molar refractivity (Wildman–Crippen MR) is 86.4 cm³/mol. The van der Waals surface area contributed by atoms with Crippen molar-refractivity contribution in [3.63, 3.8) is 0 Å². The Bertz CT molecular complexity index is 441. The summed E-state index contributed by atoms with van der Waals surface area (Å²) in [6.07, 6.45) is 1.28. The molecule has 2 N–H and O–H groups in total. The first-order chi connectivity index (χ1) is 9.91. The van der Waals surface area contributed by atoms with Crippen LogP contribution in [0.2, 0.25) is 0 Å². The highest BCUT2D eigenvalue weighted by molar-refractivity contribution is 5.76. The zero-order valence-electron chi connectivity index (χ0n) is 13.7. The average Bonchev–Trinajstić information content (AvgIpc) is 2.50. The van der Waals surface area contributed by atoms with Crippen molar-refractivity contribution >= 4 is 5.91 Å². The molecule has 0 saturated heterocycles. The summed E-state index contributed by atoms with van der Waals surface area (Å²) >= 11 is 0. The average molecular weight is 292 g/mol. The topological polar surface area (TPSA) is 55.6 Å². The van der Waals surface area contributed by atoms with Crippen LogP contribution in [0.3, 0.4) is 0 Å². The number of nitrogens with two attached hydrogens (primary N) is 1. The molecule has 0 spiro atoms. The fourth-order valence-electron chi connectivity index (χ4n) is 2.16. The molecule has 0 saturated carbocycles. The normalized spacial score (nSPS) is 11.3. The van der Waals surface area contributed by atoms with Crippen molar-refractivity contribution in [1.82, 2.24) is 4.90 Å². The van der Waals surface area contributed by atoms with Gasteiger partial charge in [-0.15, -0.1) is 0 Å². The first-order valence-corrected chi connectivity index (χ1v) is 7.52. The Morgan fingerprint density at radius 3 is 2.38 bits per heavy atom. The van der Waals surface area contributed by atoms with E-state index in [1.54, 1.807) is 7.11 Å². The molecule has 1 aromatic rings. The third-order valence-electron chi connectivity index (χ3n) is 3.69. The third kappa shape index (κ3) is 5.76. The molecule has 1 rings (SSSR count). The minimum absolute atomic E-state index is 0.0359. The number of nitrogens with zero attached hydrogens (tertiary/aromatic N) is 1. The van der Waals surface area contributed by atoms with Crippen LogP contribution in [-0.2, 0) is 11.2 Å². The van der Waals surface area contributed by atoms with Crippen molar-refractivity contribution in [2.24, 2.45) is 11.1 Å². The van der Waals surface area contributed by atoms with Gasteiger partial charge in [0, 0.05) is 19.5 Å². The summed E-state index contributed by atoms with van der Waals surface area (Å²) in [6.45, 7) is 8.21. The fourth-order valence-corrected chi connectivity index (χ4v) is 2.16. The summed E-state index contributed by atoms with van der Waals surface area (Å²) < 4.78 is 5.13. The van der Waals surface area contributed by atoms with Gasteiger partial charge in [-0.2, -0.15) is 0 Å². The van der Waals surface area contributed by atoms with Crippen molar-refractivity contribution in [3.05, 3.63) is 29.8 Å². The molecule has 4 heteroatoms. The highest BCUT2D eigenvalue weighted by Crippen LogP contribution is 2.17. The minimum Gasteiger partial charge on any atom is -0.497 e. The molecule has 21 heavy (non-hydrogen) atoms. The van der Waals surface area contributed by atoms with Crippen LogP contribution in [-0.4, -0.2) is 37.6 Å². The number of methoxy groups -OCH3 is 1. The van der Waals surface area contributed by atoms with Gasteiger partial charge in [0.1, 0.15) is 5.75 Å². The van der Waals surface area contributed by atoms with Crippen molar-refractivity contribution in [2.45, 2.75) is 33.6 Å². The third-order valence-corrected chi connectivity index (χ3v) is 3.69. The van der Waals surface area contributed by atoms with Crippen molar-refractivity contribution in [3.8, 4) is 5.75 Å². The molecule has 118 valence electrons. The van der Waals surface area contributed by atoms with E-state index in [2.05, 4.69) is 13.8 Å². The number of amides is 1. The van der Waals surface area contributed by atoms with Crippen LogP contribution in [0.25, 0.3) is 0 Å². The maximum atomic E-state index is 12.3. The lowest BCUT2D eigenvalue weighted by molar-refractivity contribution is -0.132. The molecule has 0 unspecified atom stereocenters. The molecule has 0 aliphatic carbocycles. The van der Waals surface area contributed by atoms with E-state index in [1.807, 2.05) is 36.1 Å². The molecule has 0 bridgehead atoms. The van der Waals surface area contributed by atoms with E-state index < -0.39 is 0 Å². The van der Waals surface area contributed by atoms with E-state index in [9.17, 15) is 4.79 Å². The lowest BCUT2D eigenvalue weighted by atomic mass is 9.93. The highest BCUT2D eigenvalue weighted by atomic mass is 16.5. The Labute approximate surface area is 128 Å². The summed E-state index contributed by atoms with van der Waals surface area (Å²) in [5, 5.41) is 0. The second-order valence-electron chi connectivity index (χ2n) is 6.12. The van der Waals surface area contributed by atoms with Crippen LogP contribution < -0.4 is 10.5 Å². The van der Waals surface area contributed by atoms with Crippen LogP contribution in [0, 0.1) is 5.41 Å². The molecule has 1 amide bonds. The molecular weight excluding hydrogens is 264 g/mol. The molecule has 0 atom stereocenters. The zero-order valence-corrected chi connectivity index (χ0v) is 13.7. The summed E-state index contributed by atoms with van der Waals surface area (Å²) in [4.78, 5) is 14.2. The standard InChI is InChI=1S/C17H28N2O2/c1-5-19(13-17(2,3)12-18)16(20)11-8-14-6-9-15(21-4)10-7-14/h6-7,9-10H,5,8,11-13,18H2,1-4H3. The second kappa shape index (κ2) is 8.03. The number of benzene rings is 1. The number of aryl methyl sites for hydroxylation is 1. The van der Waals surface area contributed by atoms with Gasteiger partial charge in [0.15, 0.2) is 0 Å². The van der Waals surface area contributed by atoms with Crippen molar-refractivity contribution < 1.29 is 9.53 Å². The number of carbonyl (C=O) groups is 1. The van der Waals surface area contributed by atoms with Crippen LogP contribution in [0.5, 0.6) is 5.75 Å². The number of carbonyl (C=O) groups excluding carboxylic acids is 1. The van der Waals surface area contributed by atoms with Crippen LogP contribution in [0.1, 0.15) is 32.8 Å². The SMILES string of the molecule is CCN(CC(C)(C)CN)C(=O)CCc1ccc(OC)cc1. The molecule has 0 fully saturated rings. The maximum absolute atomic E-state index is 12.3. The Balaban J connectivity index is 2.53. The minimum atomic E-state index is -0.0359. The molecule has 0 radical (unpaired) electrons. The van der Waals surface area contributed by atoms with E-state index in [1.165, 1.54) is 0 Å². The lowest BCUT2D eigenvalue weighted by Crippen LogP contribution is -2.42. The smallest absolute Gasteiger partial charge is 0.222 e. The van der Waals surface area contributed by atoms with Gasteiger partial charge in [-0.3, -0.25) is 4.79 Å². The monoisotopic (exact) mass is 292 g/mol. The zero-order chi connectivity index (χ0) is 15.9. The first kappa shape index (κ1) is 17.5. The van der Waals surface area contributed by atoms with E-state index in [0.29, 0.717) is 19.5 Å². The fraction of sp³-hybridized carbons (Fsp3) is 0.588. The largest absolute Gasteiger partial charge is 0.497 e. The number of rotatable bonds is 8. The van der Waals surface area contributed by atoms with E-state index in [-0.39, 0.29) is 11.3 Å². The second-order valence-corrected chi connectivity index (χ2v) is 6.12. The van der Waals surface area contributed by atoms with E-state index in [0.717, 1.165) is 24.3 Å². The Hall–Kier alpha value is -1.55. The number of hydrogen-bond acceptors (Lipinski definition) is 3.